The third-order valence-electron chi connectivity index (χ3n) is 3.87. The Morgan fingerprint density at radius 2 is 2.05 bits per heavy atom. The quantitative estimate of drug-likeness (QED) is 0.497. The van der Waals surface area contributed by atoms with Gasteiger partial charge in [-0.1, -0.05) is 25.7 Å². The number of rotatable bonds is 3. The maximum Gasteiger partial charge on any atom is 0.257 e. The fourth-order valence-electron chi connectivity index (χ4n) is 2.69. The highest BCUT2D eigenvalue weighted by Gasteiger charge is 2.23. The fourth-order valence-corrected chi connectivity index (χ4v) is 2.69. The maximum absolute atomic E-state index is 12.5. The Morgan fingerprint density at radius 1 is 1.37 bits per heavy atom. The minimum atomic E-state index is -0.00653. The molecule has 0 radical (unpaired) electrons. The molecule has 1 aliphatic rings. The summed E-state index contributed by atoms with van der Waals surface area (Å²) in [4.78, 5) is 18.5. The Hall–Kier alpha value is -1.62. The molecule has 0 saturated heterocycles. The van der Waals surface area contributed by atoms with Gasteiger partial charge in [-0.25, -0.2) is 10.8 Å². The molecule has 1 heterocycles. The van der Waals surface area contributed by atoms with Gasteiger partial charge in [0, 0.05) is 19.3 Å². The minimum absolute atomic E-state index is 0.00653. The van der Waals surface area contributed by atoms with Crippen molar-refractivity contribution in [3.8, 4) is 0 Å². The Morgan fingerprint density at radius 3 is 2.68 bits per heavy atom. The van der Waals surface area contributed by atoms with E-state index in [2.05, 4.69) is 10.4 Å². The zero-order valence-electron chi connectivity index (χ0n) is 11.4. The molecule has 1 amide bonds. The van der Waals surface area contributed by atoms with Crippen molar-refractivity contribution in [2.75, 3.05) is 12.5 Å². The van der Waals surface area contributed by atoms with Crippen LogP contribution in [0, 0.1) is 0 Å². The van der Waals surface area contributed by atoms with Crippen molar-refractivity contribution < 1.29 is 4.79 Å². The number of anilines is 1. The smallest absolute Gasteiger partial charge is 0.257 e. The first-order valence-corrected chi connectivity index (χ1v) is 6.93. The molecule has 0 aromatic carbocycles. The first kappa shape index (κ1) is 13.8. The van der Waals surface area contributed by atoms with Gasteiger partial charge in [0.15, 0.2) is 5.82 Å². The van der Waals surface area contributed by atoms with E-state index in [1.54, 1.807) is 18.3 Å². The molecule has 19 heavy (non-hydrogen) atoms. The lowest BCUT2D eigenvalue weighted by Crippen LogP contribution is -2.37. The minimum Gasteiger partial charge on any atom is -0.339 e. The lowest BCUT2D eigenvalue weighted by molar-refractivity contribution is 0.0718. The number of nitrogens with one attached hydrogen (secondary N) is 1. The van der Waals surface area contributed by atoms with E-state index in [-0.39, 0.29) is 5.91 Å². The largest absolute Gasteiger partial charge is 0.339 e. The molecular formula is C14H22N4O. The number of carbonyl (C=O) groups is 1. The van der Waals surface area contributed by atoms with Crippen LogP contribution in [0.2, 0.25) is 0 Å². The van der Waals surface area contributed by atoms with Crippen molar-refractivity contribution in [3.63, 3.8) is 0 Å². The standard InChI is InChI=1S/C14H22N4O/c1-18(11-7-4-2-3-5-8-11)14(19)12-9-6-10-16-13(12)17-15/h6,9-11H,2-5,7-8,15H2,1H3,(H,16,17). The SMILES string of the molecule is CN(C(=O)c1cccnc1NN)C1CCCCCC1. The highest BCUT2D eigenvalue weighted by atomic mass is 16.2. The van der Waals surface area contributed by atoms with Gasteiger partial charge in [-0.05, 0) is 25.0 Å². The topological polar surface area (TPSA) is 71.2 Å². The summed E-state index contributed by atoms with van der Waals surface area (Å²) in [6.07, 6.45) is 8.77. The molecule has 5 nitrogen and oxygen atoms in total. The molecule has 0 aliphatic heterocycles. The van der Waals surface area contributed by atoms with Gasteiger partial charge in [-0.3, -0.25) is 4.79 Å². The van der Waals surface area contributed by atoms with Crippen LogP contribution in [-0.2, 0) is 0 Å². The van der Waals surface area contributed by atoms with E-state index in [1.165, 1.54) is 25.7 Å². The highest BCUT2D eigenvalue weighted by molar-refractivity contribution is 5.98. The Balaban J connectivity index is 2.13. The summed E-state index contributed by atoms with van der Waals surface area (Å²) in [5.41, 5.74) is 3.03. The van der Waals surface area contributed by atoms with Crippen molar-refractivity contribution >= 4 is 11.7 Å². The lowest BCUT2D eigenvalue weighted by atomic mass is 10.1. The second kappa shape index (κ2) is 6.52. The number of nitrogens with zero attached hydrogens (tertiary/aromatic N) is 2. The molecule has 1 fully saturated rings. The van der Waals surface area contributed by atoms with E-state index in [9.17, 15) is 4.79 Å². The summed E-state index contributed by atoms with van der Waals surface area (Å²) in [5.74, 6) is 5.84. The van der Waals surface area contributed by atoms with Crippen LogP contribution in [0.15, 0.2) is 18.3 Å². The summed E-state index contributed by atoms with van der Waals surface area (Å²) in [6.45, 7) is 0. The van der Waals surface area contributed by atoms with Crippen LogP contribution in [0.25, 0.3) is 0 Å². The van der Waals surface area contributed by atoms with E-state index in [4.69, 9.17) is 5.84 Å². The summed E-state index contributed by atoms with van der Waals surface area (Å²) in [5, 5.41) is 0. The molecule has 1 aliphatic carbocycles. The van der Waals surface area contributed by atoms with Crippen LogP contribution in [0.4, 0.5) is 5.82 Å². The summed E-state index contributed by atoms with van der Waals surface area (Å²) in [6, 6.07) is 3.85. The van der Waals surface area contributed by atoms with Gasteiger partial charge < -0.3 is 10.3 Å². The second-order valence-electron chi connectivity index (χ2n) is 5.11. The maximum atomic E-state index is 12.5. The number of pyridine rings is 1. The number of hydrogen-bond acceptors (Lipinski definition) is 4. The molecule has 0 spiro atoms. The zero-order chi connectivity index (χ0) is 13.7. The van der Waals surface area contributed by atoms with Crippen molar-refractivity contribution in [2.24, 2.45) is 5.84 Å². The third kappa shape index (κ3) is 3.23. The number of hydrazine groups is 1. The van der Waals surface area contributed by atoms with Crippen molar-refractivity contribution in [3.05, 3.63) is 23.9 Å². The molecule has 2 rings (SSSR count). The number of carbonyl (C=O) groups excluding carboxylic acids is 1. The first-order chi connectivity index (χ1) is 9.24. The molecule has 1 aromatic heterocycles. The zero-order valence-corrected chi connectivity index (χ0v) is 11.4. The number of aromatic nitrogens is 1. The van der Waals surface area contributed by atoms with Crippen LogP contribution in [0.5, 0.6) is 0 Å². The van der Waals surface area contributed by atoms with Crippen LogP contribution >= 0.6 is 0 Å². The molecule has 0 atom stereocenters. The van der Waals surface area contributed by atoms with Gasteiger partial charge in [0.1, 0.15) is 0 Å². The molecule has 1 aromatic rings. The van der Waals surface area contributed by atoms with Gasteiger partial charge in [-0.15, -0.1) is 0 Å². The first-order valence-electron chi connectivity index (χ1n) is 6.93. The van der Waals surface area contributed by atoms with E-state index in [0.29, 0.717) is 17.4 Å². The predicted octanol–water partition coefficient (Wildman–Crippen LogP) is 2.16. The van der Waals surface area contributed by atoms with Crippen molar-refractivity contribution in [1.29, 1.82) is 0 Å². The van der Waals surface area contributed by atoms with Crippen LogP contribution in [0.3, 0.4) is 0 Å². The normalized spacial score (nSPS) is 16.7. The molecule has 104 valence electrons. The van der Waals surface area contributed by atoms with Crippen LogP contribution in [-0.4, -0.2) is 28.9 Å². The van der Waals surface area contributed by atoms with E-state index < -0.39 is 0 Å². The Bertz CT molecular complexity index is 427. The Kier molecular flexibility index (Phi) is 4.74. The van der Waals surface area contributed by atoms with Crippen LogP contribution in [0.1, 0.15) is 48.9 Å². The third-order valence-corrected chi connectivity index (χ3v) is 3.87. The van der Waals surface area contributed by atoms with Gasteiger partial charge in [0.25, 0.3) is 5.91 Å². The van der Waals surface area contributed by atoms with Gasteiger partial charge in [0.2, 0.25) is 0 Å². The van der Waals surface area contributed by atoms with Crippen LogP contribution < -0.4 is 11.3 Å². The molecule has 3 N–H and O–H groups in total. The number of nitrogens with two attached hydrogens (primary N) is 1. The predicted molar refractivity (Wildman–Crippen MR) is 75.6 cm³/mol. The molecule has 5 heteroatoms. The van der Waals surface area contributed by atoms with Gasteiger partial charge >= 0.3 is 0 Å². The lowest BCUT2D eigenvalue weighted by Gasteiger charge is -2.27. The fraction of sp³-hybridized carbons (Fsp3) is 0.571. The molecule has 0 bridgehead atoms. The number of nitrogen functional groups attached to an aromatic ring is 1. The van der Waals surface area contributed by atoms with E-state index in [0.717, 1.165) is 12.8 Å². The average Bonchev–Trinajstić information content (AvgIpc) is 2.74. The van der Waals surface area contributed by atoms with Gasteiger partial charge in [-0.2, -0.15) is 0 Å². The number of hydrogen-bond donors (Lipinski definition) is 2. The summed E-state index contributed by atoms with van der Waals surface area (Å²) in [7, 11) is 1.88. The van der Waals surface area contributed by atoms with Crippen molar-refractivity contribution in [1.82, 2.24) is 9.88 Å². The number of amides is 1. The average molecular weight is 262 g/mol. The van der Waals surface area contributed by atoms with E-state index >= 15 is 0 Å². The molecular weight excluding hydrogens is 240 g/mol. The van der Waals surface area contributed by atoms with Crippen molar-refractivity contribution in [2.45, 2.75) is 44.6 Å². The molecule has 0 unspecified atom stereocenters. The molecule has 1 saturated carbocycles. The Labute approximate surface area is 114 Å². The summed E-state index contributed by atoms with van der Waals surface area (Å²) >= 11 is 0. The highest BCUT2D eigenvalue weighted by Crippen LogP contribution is 2.23. The summed E-state index contributed by atoms with van der Waals surface area (Å²) < 4.78 is 0. The monoisotopic (exact) mass is 262 g/mol. The van der Waals surface area contributed by atoms with Gasteiger partial charge in [0.05, 0.1) is 5.56 Å². The second-order valence-corrected chi connectivity index (χ2v) is 5.11. The van der Waals surface area contributed by atoms with E-state index in [1.807, 2.05) is 11.9 Å².